The number of anilines is 1. The summed E-state index contributed by atoms with van der Waals surface area (Å²) in [4.78, 5) is 28.1. The summed E-state index contributed by atoms with van der Waals surface area (Å²) in [6.45, 7) is 1.45. The molecule has 2 aliphatic carbocycles. The maximum Gasteiger partial charge on any atom is 0.224 e. The summed E-state index contributed by atoms with van der Waals surface area (Å²) in [6, 6.07) is 3.58. The Morgan fingerprint density at radius 2 is 2.00 bits per heavy atom. The second kappa shape index (κ2) is 8.85. The van der Waals surface area contributed by atoms with Crippen molar-refractivity contribution in [2.45, 2.75) is 63.8 Å². The molecule has 142 valence electrons. The topological polar surface area (TPSA) is 71.1 Å². The highest BCUT2D eigenvalue weighted by atomic mass is 16.2. The van der Waals surface area contributed by atoms with Crippen LogP contribution >= 0.6 is 0 Å². The molecule has 1 atom stereocenters. The molecular formula is C22H27N3O2. The summed E-state index contributed by atoms with van der Waals surface area (Å²) in [7, 11) is 0. The van der Waals surface area contributed by atoms with Gasteiger partial charge in [-0.3, -0.25) is 9.59 Å². The van der Waals surface area contributed by atoms with E-state index in [1.165, 1.54) is 13.3 Å². The average Bonchev–Trinajstić information content (AvgIpc) is 2.68. The number of carbonyl (C=O) groups excluding carboxylic acids is 2. The van der Waals surface area contributed by atoms with Crippen molar-refractivity contribution in [2.75, 3.05) is 5.32 Å². The molecule has 0 radical (unpaired) electrons. The van der Waals surface area contributed by atoms with Gasteiger partial charge in [0.15, 0.2) is 0 Å². The highest BCUT2D eigenvalue weighted by Crippen LogP contribution is 2.29. The average molecular weight is 365 g/mol. The molecule has 5 heteroatoms. The number of pyridine rings is 1. The van der Waals surface area contributed by atoms with Crippen LogP contribution in [0.4, 0.5) is 5.82 Å². The van der Waals surface area contributed by atoms with Crippen molar-refractivity contribution in [1.82, 2.24) is 10.3 Å². The normalized spacial score (nSPS) is 20.9. The van der Waals surface area contributed by atoms with Crippen molar-refractivity contribution in [3.05, 3.63) is 36.0 Å². The highest BCUT2D eigenvalue weighted by Gasteiger charge is 2.33. The first-order valence-electron chi connectivity index (χ1n) is 9.80. The first-order chi connectivity index (χ1) is 13.1. The third kappa shape index (κ3) is 5.43. The van der Waals surface area contributed by atoms with Crippen LogP contribution in [0.25, 0.3) is 0 Å². The van der Waals surface area contributed by atoms with Gasteiger partial charge in [-0.2, -0.15) is 0 Å². The quantitative estimate of drug-likeness (QED) is 0.635. The van der Waals surface area contributed by atoms with Gasteiger partial charge in [-0.15, -0.1) is 0 Å². The van der Waals surface area contributed by atoms with E-state index in [0.29, 0.717) is 5.82 Å². The van der Waals surface area contributed by atoms with Crippen molar-refractivity contribution < 1.29 is 9.59 Å². The molecule has 1 heterocycles. The molecule has 0 aromatic carbocycles. The molecule has 0 spiro atoms. The zero-order valence-corrected chi connectivity index (χ0v) is 15.9. The Hall–Kier alpha value is -2.61. The predicted octanol–water partition coefficient (Wildman–Crippen LogP) is 3.57. The van der Waals surface area contributed by atoms with Gasteiger partial charge in [0.1, 0.15) is 11.4 Å². The van der Waals surface area contributed by atoms with Gasteiger partial charge < -0.3 is 10.6 Å². The van der Waals surface area contributed by atoms with Crippen LogP contribution < -0.4 is 10.6 Å². The molecule has 3 rings (SSSR count). The molecule has 2 aliphatic rings. The maximum absolute atomic E-state index is 12.8. The van der Waals surface area contributed by atoms with E-state index >= 15 is 0 Å². The second-order valence-corrected chi connectivity index (χ2v) is 7.48. The largest absolute Gasteiger partial charge is 0.340 e. The highest BCUT2D eigenvalue weighted by molar-refractivity contribution is 5.87. The first-order valence-corrected chi connectivity index (χ1v) is 9.80. The number of allylic oxidation sites excluding steroid dienone is 2. The van der Waals surface area contributed by atoms with Gasteiger partial charge in [0.2, 0.25) is 11.8 Å². The first kappa shape index (κ1) is 19.2. The van der Waals surface area contributed by atoms with Crippen LogP contribution in [0.3, 0.4) is 0 Å². The minimum Gasteiger partial charge on any atom is -0.340 e. The second-order valence-electron chi connectivity index (χ2n) is 7.48. The molecule has 1 fully saturated rings. The summed E-state index contributed by atoms with van der Waals surface area (Å²) in [5.41, 5.74) is 0.344. The van der Waals surface area contributed by atoms with Crippen molar-refractivity contribution in [3.8, 4) is 11.8 Å². The number of rotatable bonds is 3. The smallest absolute Gasteiger partial charge is 0.224 e. The van der Waals surface area contributed by atoms with Crippen LogP contribution in [0.15, 0.2) is 30.5 Å². The molecule has 2 N–H and O–H groups in total. The summed E-state index contributed by atoms with van der Waals surface area (Å²) in [5.74, 6) is 7.11. The Balaban J connectivity index is 1.73. The van der Waals surface area contributed by atoms with Crippen molar-refractivity contribution in [2.24, 2.45) is 5.92 Å². The van der Waals surface area contributed by atoms with E-state index in [9.17, 15) is 9.59 Å². The van der Waals surface area contributed by atoms with Crippen LogP contribution in [-0.2, 0) is 9.59 Å². The van der Waals surface area contributed by atoms with Crippen molar-refractivity contribution in [1.29, 1.82) is 0 Å². The fourth-order valence-corrected chi connectivity index (χ4v) is 3.72. The number of hydrogen-bond donors (Lipinski definition) is 2. The Kier molecular flexibility index (Phi) is 6.28. The number of nitrogens with zero attached hydrogens (tertiary/aromatic N) is 1. The Labute approximate surface area is 161 Å². The number of hydrogen-bond acceptors (Lipinski definition) is 3. The van der Waals surface area contributed by atoms with Crippen LogP contribution in [0.1, 0.15) is 63.9 Å². The van der Waals surface area contributed by atoms with Crippen LogP contribution in [0, 0.1) is 17.8 Å². The van der Waals surface area contributed by atoms with E-state index in [-0.39, 0.29) is 17.7 Å². The van der Waals surface area contributed by atoms with E-state index in [0.717, 1.165) is 50.5 Å². The summed E-state index contributed by atoms with van der Waals surface area (Å²) >= 11 is 0. The minimum atomic E-state index is -0.438. The molecule has 0 saturated heterocycles. The zero-order chi connectivity index (χ0) is 19.1. The summed E-state index contributed by atoms with van der Waals surface area (Å²) in [6.07, 6.45) is 13.8. The molecule has 0 bridgehead atoms. The fourth-order valence-electron chi connectivity index (χ4n) is 3.72. The van der Waals surface area contributed by atoms with Gasteiger partial charge in [-0.1, -0.05) is 43.3 Å². The molecule has 0 aliphatic heterocycles. The lowest BCUT2D eigenvalue weighted by atomic mass is 9.81. The summed E-state index contributed by atoms with van der Waals surface area (Å²) < 4.78 is 0. The summed E-state index contributed by atoms with van der Waals surface area (Å²) in [5, 5.41) is 5.93. The third-order valence-corrected chi connectivity index (χ3v) is 5.22. The van der Waals surface area contributed by atoms with E-state index in [4.69, 9.17) is 0 Å². The monoisotopic (exact) mass is 365 g/mol. The standard InChI is InChI=1S/C22H27N3O2/c1-17(26)24-20-11-10-18(16-23-20)12-15-22(13-6-3-7-14-22)25-21(27)19-8-4-2-5-9-19/h2,4,10-11,16,19H,3,5-9,13-14H2,1H3,(H,25,27)(H,23,24,26)/t19-/m1/s1. The Morgan fingerprint density at radius 1 is 1.19 bits per heavy atom. The third-order valence-electron chi connectivity index (χ3n) is 5.22. The van der Waals surface area contributed by atoms with Crippen LogP contribution in [0.2, 0.25) is 0 Å². The minimum absolute atomic E-state index is 0.0641. The van der Waals surface area contributed by atoms with Gasteiger partial charge in [-0.25, -0.2) is 4.98 Å². The number of nitrogens with one attached hydrogen (secondary N) is 2. The van der Waals surface area contributed by atoms with Gasteiger partial charge in [0.25, 0.3) is 0 Å². The molecule has 1 aromatic rings. The number of aromatic nitrogens is 1. The van der Waals surface area contributed by atoms with Crippen molar-refractivity contribution in [3.63, 3.8) is 0 Å². The maximum atomic E-state index is 12.8. The lowest BCUT2D eigenvalue weighted by Crippen LogP contribution is -2.50. The fraction of sp³-hybridized carbons (Fsp3) is 0.500. The molecule has 5 nitrogen and oxygen atoms in total. The van der Waals surface area contributed by atoms with E-state index in [1.807, 2.05) is 6.07 Å². The molecule has 1 saturated carbocycles. The SMILES string of the molecule is CC(=O)Nc1ccc(C#CC2(NC(=O)[C@@H]3CC=CCC3)CCCCC2)cn1. The Bertz CT molecular complexity index is 765. The van der Waals surface area contributed by atoms with Gasteiger partial charge >= 0.3 is 0 Å². The van der Waals surface area contributed by atoms with E-state index in [1.54, 1.807) is 12.3 Å². The van der Waals surface area contributed by atoms with Crippen LogP contribution in [-0.4, -0.2) is 22.3 Å². The molecular weight excluding hydrogens is 338 g/mol. The van der Waals surface area contributed by atoms with Gasteiger partial charge in [0, 0.05) is 24.6 Å². The molecule has 0 unspecified atom stereocenters. The molecule has 2 amide bonds. The Morgan fingerprint density at radius 3 is 2.63 bits per heavy atom. The lowest BCUT2D eigenvalue weighted by molar-refractivity contribution is -0.127. The van der Waals surface area contributed by atoms with E-state index < -0.39 is 5.54 Å². The van der Waals surface area contributed by atoms with Gasteiger partial charge in [-0.05, 0) is 44.2 Å². The molecule has 27 heavy (non-hydrogen) atoms. The van der Waals surface area contributed by atoms with Gasteiger partial charge in [0.05, 0.1) is 0 Å². The molecule has 1 aromatic heterocycles. The van der Waals surface area contributed by atoms with E-state index in [2.05, 4.69) is 39.6 Å². The predicted molar refractivity (Wildman–Crippen MR) is 106 cm³/mol. The number of amides is 2. The van der Waals surface area contributed by atoms with Crippen molar-refractivity contribution >= 4 is 17.6 Å². The lowest BCUT2D eigenvalue weighted by Gasteiger charge is -2.35. The van der Waals surface area contributed by atoms with Crippen LogP contribution in [0.5, 0.6) is 0 Å². The number of carbonyl (C=O) groups is 2. The zero-order valence-electron chi connectivity index (χ0n) is 15.9.